The third kappa shape index (κ3) is 1.72. The lowest BCUT2D eigenvalue weighted by Crippen LogP contribution is -1.79. The normalized spacial score (nSPS) is 15.4. The minimum absolute atomic E-state index is 0.337. The van der Waals surface area contributed by atoms with Crippen LogP contribution in [-0.4, -0.2) is 7.04 Å². The molecular formula is C7H7BrO. The van der Waals surface area contributed by atoms with Gasteiger partial charge in [0.2, 0.25) is 0 Å². The standard InChI is InChI=1S/C7H7BrO/c1-9-7-4-2-3-6(8)5-7/h2-5H,1H3/i1D3. The van der Waals surface area contributed by atoms with Crippen LogP contribution in [0.5, 0.6) is 5.75 Å². The molecule has 0 N–H and O–H groups in total. The monoisotopic (exact) mass is 189 g/mol. The van der Waals surface area contributed by atoms with Gasteiger partial charge < -0.3 is 4.74 Å². The maximum atomic E-state index is 6.84. The Kier molecular flexibility index (Phi) is 1.15. The first-order valence-corrected chi connectivity index (χ1v) is 3.21. The number of hydrogen-bond acceptors (Lipinski definition) is 1. The number of rotatable bonds is 1. The summed E-state index contributed by atoms with van der Waals surface area (Å²) in [5.41, 5.74) is 0. The van der Waals surface area contributed by atoms with Crippen LogP contribution in [-0.2, 0) is 0 Å². The molecule has 48 valence electrons. The first-order chi connectivity index (χ1) is 5.47. The molecule has 0 radical (unpaired) electrons. The maximum absolute atomic E-state index is 6.84. The molecule has 1 nitrogen and oxygen atoms in total. The van der Waals surface area contributed by atoms with E-state index in [0.29, 0.717) is 5.75 Å². The van der Waals surface area contributed by atoms with Crippen LogP contribution in [0, 0.1) is 0 Å². The van der Waals surface area contributed by atoms with Crippen LogP contribution in [0.15, 0.2) is 28.7 Å². The largest absolute Gasteiger partial charge is 0.497 e. The second kappa shape index (κ2) is 2.87. The van der Waals surface area contributed by atoms with Crippen LogP contribution < -0.4 is 4.74 Å². The lowest BCUT2D eigenvalue weighted by molar-refractivity contribution is 0.414. The van der Waals surface area contributed by atoms with Crippen molar-refractivity contribution in [2.75, 3.05) is 7.04 Å². The lowest BCUT2D eigenvalue weighted by atomic mass is 10.3. The Balaban J connectivity index is 2.77. The summed E-state index contributed by atoms with van der Waals surface area (Å²) in [4.78, 5) is 0. The van der Waals surface area contributed by atoms with Gasteiger partial charge >= 0.3 is 0 Å². The summed E-state index contributed by atoms with van der Waals surface area (Å²) < 4.78 is 26.0. The minimum atomic E-state index is -2.37. The third-order valence-electron chi connectivity index (χ3n) is 0.914. The van der Waals surface area contributed by atoms with E-state index in [9.17, 15) is 0 Å². The molecule has 0 unspecified atom stereocenters. The Morgan fingerprint density at radius 3 is 3.22 bits per heavy atom. The summed E-state index contributed by atoms with van der Waals surface area (Å²) in [6.45, 7) is 0. The Labute approximate surface area is 67.0 Å². The van der Waals surface area contributed by atoms with E-state index in [0.717, 1.165) is 4.47 Å². The van der Waals surface area contributed by atoms with Gasteiger partial charge in [-0.05, 0) is 18.2 Å². The topological polar surface area (TPSA) is 9.23 Å². The van der Waals surface area contributed by atoms with Gasteiger partial charge in [-0.3, -0.25) is 0 Å². The van der Waals surface area contributed by atoms with Gasteiger partial charge in [-0.1, -0.05) is 22.0 Å². The van der Waals surface area contributed by atoms with E-state index in [-0.39, 0.29) is 0 Å². The number of methoxy groups -OCH3 is 1. The van der Waals surface area contributed by atoms with Crippen molar-refractivity contribution in [3.05, 3.63) is 28.7 Å². The van der Waals surface area contributed by atoms with Crippen molar-refractivity contribution in [3.8, 4) is 5.75 Å². The van der Waals surface area contributed by atoms with Crippen molar-refractivity contribution in [1.29, 1.82) is 0 Å². The van der Waals surface area contributed by atoms with Gasteiger partial charge in [0.25, 0.3) is 0 Å². The molecule has 0 saturated carbocycles. The minimum Gasteiger partial charge on any atom is -0.497 e. The highest BCUT2D eigenvalue weighted by Gasteiger charge is 1.88. The fraction of sp³-hybridized carbons (Fsp3) is 0.143. The molecule has 0 atom stereocenters. The maximum Gasteiger partial charge on any atom is 0.119 e. The number of halogens is 1. The van der Waals surface area contributed by atoms with Crippen molar-refractivity contribution in [2.45, 2.75) is 0 Å². The van der Waals surface area contributed by atoms with Crippen molar-refractivity contribution < 1.29 is 8.85 Å². The average molecular weight is 190 g/mol. The Bertz CT molecular complexity index is 272. The van der Waals surface area contributed by atoms with Gasteiger partial charge in [-0.15, -0.1) is 0 Å². The van der Waals surface area contributed by atoms with Crippen molar-refractivity contribution in [2.24, 2.45) is 0 Å². The molecule has 0 saturated heterocycles. The van der Waals surface area contributed by atoms with Gasteiger partial charge in [0.15, 0.2) is 0 Å². The van der Waals surface area contributed by atoms with Gasteiger partial charge in [0.05, 0.1) is 11.2 Å². The van der Waals surface area contributed by atoms with E-state index >= 15 is 0 Å². The van der Waals surface area contributed by atoms with Crippen LogP contribution in [0.2, 0.25) is 0 Å². The predicted molar refractivity (Wildman–Crippen MR) is 40.7 cm³/mol. The van der Waals surface area contributed by atoms with Crippen molar-refractivity contribution >= 4 is 15.9 Å². The molecule has 0 amide bonds. The van der Waals surface area contributed by atoms with E-state index in [2.05, 4.69) is 20.7 Å². The van der Waals surface area contributed by atoms with E-state index in [1.54, 1.807) is 24.3 Å². The van der Waals surface area contributed by atoms with Crippen molar-refractivity contribution in [1.82, 2.24) is 0 Å². The second-order valence-electron chi connectivity index (χ2n) is 1.56. The molecule has 0 spiro atoms. The fourth-order valence-electron chi connectivity index (χ4n) is 0.530. The van der Waals surface area contributed by atoms with Crippen LogP contribution >= 0.6 is 15.9 Å². The zero-order valence-corrected chi connectivity index (χ0v) is 6.18. The molecule has 0 aromatic heterocycles. The molecule has 0 heterocycles. The molecule has 1 aromatic carbocycles. The van der Waals surface area contributed by atoms with Gasteiger partial charge in [-0.2, -0.15) is 0 Å². The van der Waals surface area contributed by atoms with Crippen LogP contribution in [0.25, 0.3) is 0 Å². The van der Waals surface area contributed by atoms with Gasteiger partial charge in [-0.25, -0.2) is 0 Å². The molecule has 0 bridgehead atoms. The highest BCUT2D eigenvalue weighted by Crippen LogP contribution is 2.16. The number of hydrogen-bond donors (Lipinski definition) is 0. The summed E-state index contributed by atoms with van der Waals surface area (Å²) in [6.07, 6.45) is 0. The molecule has 0 aliphatic rings. The van der Waals surface area contributed by atoms with Crippen LogP contribution in [0.3, 0.4) is 0 Å². The second-order valence-corrected chi connectivity index (χ2v) is 2.48. The highest BCUT2D eigenvalue weighted by molar-refractivity contribution is 9.10. The smallest absolute Gasteiger partial charge is 0.119 e. The number of benzene rings is 1. The average Bonchev–Trinajstić information content (AvgIpc) is 1.82. The Hall–Kier alpha value is -0.500. The zero-order valence-electron chi connectivity index (χ0n) is 7.60. The molecule has 9 heavy (non-hydrogen) atoms. The van der Waals surface area contributed by atoms with Crippen LogP contribution in [0.4, 0.5) is 0 Å². The molecule has 1 aromatic rings. The quantitative estimate of drug-likeness (QED) is 0.660. The summed E-state index contributed by atoms with van der Waals surface area (Å²) in [5, 5.41) is 0. The SMILES string of the molecule is [2H]C([2H])([2H])Oc1cccc(Br)c1. The van der Waals surface area contributed by atoms with E-state index < -0.39 is 7.04 Å². The Morgan fingerprint density at radius 2 is 2.56 bits per heavy atom. The Morgan fingerprint density at radius 1 is 1.67 bits per heavy atom. The highest BCUT2D eigenvalue weighted by atomic mass is 79.9. The summed E-state index contributed by atoms with van der Waals surface area (Å²) in [7, 11) is -2.37. The summed E-state index contributed by atoms with van der Waals surface area (Å²) in [6, 6.07) is 6.71. The number of ether oxygens (including phenoxy) is 1. The molecule has 0 fully saturated rings. The lowest BCUT2D eigenvalue weighted by Gasteiger charge is -1.96. The first kappa shape index (κ1) is 3.62. The molecule has 2 heteroatoms. The van der Waals surface area contributed by atoms with E-state index in [4.69, 9.17) is 4.11 Å². The molecule has 0 aliphatic carbocycles. The molecule has 0 aliphatic heterocycles. The summed E-state index contributed by atoms with van der Waals surface area (Å²) in [5.74, 6) is 0.337. The predicted octanol–water partition coefficient (Wildman–Crippen LogP) is 2.46. The van der Waals surface area contributed by atoms with E-state index in [1.165, 1.54) is 0 Å². The van der Waals surface area contributed by atoms with Gasteiger partial charge in [0.1, 0.15) is 5.75 Å². The van der Waals surface area contributed by atoms with Crippen molar-refractivity contribution in [3.63, 3.8) is 0 Å². The molecular weight excluding hydrogens is 180 g/mol. The van der Waals surface area contributed by atoms with Gasteiger partial charge in [0, 0.05) is 4.47 Å². The van der Waals surface area contributed by atoms with Crippen LogP contribution in [0.1, 0.15) is 4.11 Å². The fourth-order valence-corrected chi connectivity index (χ4v) is 0.909. The zero-order chi connectivity index (χ0) is 9.19. The molecule has 1 rings (SSSR count). The summed E-state index contributed by atoms with van der Waals surface area (Å²) >= 11 is 3.21. The third-order valence-corrected chi connectivity index (χ3v) is 1.41. The van der Waals surface area contributed by atoms with E-state index in [1.807, 2.05) is 0 Å². The first-order valence-electron chi connectivity index (χ1n) is 3.92.